The van der Waals surface area contributed by atoms with E-state index >= 15 is 0 Å². The van der Waals surface area contributed by atoms with Crippen LogP contribution < -0.4 is 21.9 Å². The largest absolute Gasteiger partial charge is 1.00 e. The second kappa shape index (κ2) is 7.61. The van der Waals surface area contributed by atoms with E-state index in [0.29, 0.717) is 6.54 Å². The molecule has 0 saturated carbocycles. The fourth-order valence-electron chi connectivity index (χ4n) is 4.21. The minimum Gasteiger partial charge on any atom is -1.00 e. The molecular weight excluding hydrogens is 420 g/mol. The van der Waals surface area contributed by atoms with Crippen LogP contribution in [0.5, 0.6) is 0 Å². The Kier molecular flexibility index (Phi) is 5.76. The van der Waals surface area contributed by atoms with Gasteiger partial charge in [-0.25, -0.2) is 9.48 Å². The van der Waals surface area contributed by atoms with E-state index < -0.39 is 5.72 Å². The molecule has 0 fully saturated rings. The first-order valence-corrected chi connectivity index (χ1v) is 10.3. The number of anilines is 1. The van der Waals surface area contributed by atoms with Crippen molar-refractivity contribution in [2.45, 2.75) is 39.8 Å². The van der Waals surface area contributed by atoms with Crippen LogP contribution in [-0.2, 0) is 5.72 Å². The Bertz CT molecular complexity index is 911. The summed E-state index contributed by atoms with van der Waals surface area (Å²) in [5.74, 6) is 1.11. The molecule has 4 rings (SSSR count). The minimum atomic E-state index is -0.975. The second-order valence-corrected chi connectivity index (χ2v) is 8.64. The lowest BCUT2D eigenvalue weighted by Crippen LogP contribution is -3.00. The maximum absolute atomic E-state index is 11.9. The highest BCUT2D eigenvalue weighted by molar-refractivity contribution is 8.13. The number of aliphatic hydroxyl groups is 1. The highest BCUT2D eigenvalue weighted by atomic mass is 79.9. The third-order valence-electron chi connectivity index (χ3n) is 5.72. The highest BCUT2D eigenvalue weighted by Crippen LogP contribution is 2.40. The molecular formula is C22H27BrN2OS. The Morgan fingerprint density at radius 1 is 1.07 bits per heavy atom. The van der Waals surface area contributed by atoms with Gasteiger partial charge in [0.05, 0.1) is 6.54 Å². The predicted molar refractivity (Wildman–Crippen MR) is 110 cm³/mol. The summed E-state index contributed by atoms with van der Waals surface area (Å²) in [4.78, 5) is 2.32. The van der Waals surface area contributed by atoms with Crippen molar-refractivity contribution in [1.29, 1.82) is 0 Å². The highest BCUT2D eigenvalue weighted by Gasteiger charge is 2.54. The third-order valence-corrected chi connectivity index (χ3v) is 6.92. The molecule has 1 unspecified atom stereocenters. The van der Waals surface area contributed by atoms with E-state index in [1.165, 1.54) is 27.5 Å². The quantitative estimate of drug-likeness (QED) is 0.699. The number of rotatable bonds is 2. The molecule has 144 valence electrons. The topological polar surface area (TPSA) is 26.5 Å². The lowest BCUT2D eigenvalue weighted by Gasteiger charge is -2.26. The van der Waals surface area contributed by atoms with Gasteiger partial charge in [-0.3, -0.25) is 0 Å². The Hall–Kier alpha value is -1.30. The SMILES string of the molecule is Cc1ccc(C2(O)CN(c3cccc(C)c3C)C3=[N+]2CCCS3)c(C)c1.[Br-]. The third kappa shape index (κ3) is 3.34. The first-order valence-electron chi connectivity index (χ1n) is 9.33. The number of halogens is 1. The average molecular weight is 447 g/mol. The Morgan fingerprint density at radius 3 is 2.59 bits per heavy atom. The molecule has 2 aliphatic heterocycles. The number of hydrogen-bond donors (Lipinski definition) is 1. The molecule has 1 atom stereocenters. The smallest absolute Gasteiger partial charge is 0.316 e. The van der Waals surface area contributed by atoms with Crippen molar-refractivity contribution in [1.82, 2.24) is 0 Å². The monoisotopic (exact) mass is 446 g/mol. The van der Waals surface area contributed by atoms with Crippen LogP contribution in [0.4, 0.5) is 5.69 Å². The number of β-amino-alcohol motifs (C(OH)–C–C–N with tert-alkyl or cyclic N) is 1. The van der Waals surface area contributed by atoms with Crippen LogP contribution in [0.2, 0.25) is 0 Å². The molecule has 2 aromatic rings. The average Bonchev–Trinajstić information content (AvgIpc) is 2.91. The summed E-state index contributed by atoms with van der Waals surface area (Å²) in [6.07, 6.45) is 1.10. The number of benzene rings is 2. The van der Waals surface area contributed by atoms with Crippen LogP contribution in [-0.4, -0.2) is 33.7 Å². The fraction of sp³-hybridized carbons (Fsp3) is 0.409. The number of thioether (sulfide) groups is 1. The van der Waals surface area contributed by atoms with E-state index in [9.17, 15) is 5.11 Å². The van der Waals surface area contributed by atoms with E-state index in [4.69, 9.17) is 0 Å². The second-order valence-electron chi connectivity index (χ2n) is 7.58. The molecule has 3 nitrogen and oxygen atoms in total. The van der Waals surface area contributed by atoms with E-state index in [2.05, 4.69) is 73.6 Å². The molecule has 0 aromatic heterocycles. The zero-order valence-electron chi connectivity index (χ0n) is 16.4. The number of amidine groups is 1. The van der Waals surface area contributed by atoms with E-state index in [-0.39, 0.29) is 17.0 Å². The molecule has 0 aliphatic carbocycles. The number of hydrogen-bond acceptors (Lipinski definition) is 3. The lowest BCUT2D eigenvalue weighted by atomic mass is 9.95. The van der Waals surface area contributed by atoms with Gasteiger partial charge in [0.2, 0.25) is 0 Å². The summed E-state index contributed by atoms with van der Waals surface area (Å²) in [7, 11) is 0. The summed E-state index contributed by atoms with van der Waals surface area (Å²) in [6, 6.07) is 12.8. The van der Waals surface area contributed by atoms with E-state index in [1.54, 1.807) is 0 Å². The summed E-state index contributed by atoms with van der Waals surface area (Å²) < 4.78 is 2.22. The molecule has 0 saturated heterocycles. The molecule has 0 amide bonds. The maximum Gasteiger partial charge on any atom is 0.316 e. The Morgan fingerprint density at radius 2 is 1.85 bits per heavy atom. The summed E-state index contributed by atoms with van der Waals surface area (Å²) in [6.45, 7) is 10.0. The van der Waals surface area contributed by atoms with Gasteiger partial charge in [-0.2, -0.15) is 0 Å². The van der Waals surface area contributed by atoms with Crippen LogP contribution in [0.1, 0.15) is 34.2 Å². The lowest BCUT2D eigenvalue weighted by molar-refractivity contribution is -0.656. The first-order chi connectivity index (χ1) is 12.4. The van der Waals surface area contributed by atoms with Crippen molar-refractivity contribution in [3.8, 4) is 0 Å². The minimum absolute atomic E-state index is 0. The predicted octanol–water partition coefficient (Wildman–Crippen LogP) is 1.09. The van der Waals surface area contributed by atoms with Crippen molar-refractivity contribution < 1.29 is 26.7 Å². The molecule has 2 heterocycles. The molecule has 27 heavy (non-hydrogen) atoms. The molecule has 0 spiro atoms. The normalized spacial score (nSPS) is 21.9. The number of aryl methyl sites for hydroxylation is 3. The van der Waals surface area contributed by atoms with Crippen LogP contribution in [0.15, 0.2) is 36.4 Å². The zero-order valence-corrected chi connectivity index (χ0v) is 18.8. The summed E-state index contributed by atoms with van der Waals surface area (Å²) >= 11 is 1.87. The first kappa shape index (κ1) is 20.4. The molecule has 0 bridgehead atoms. The Balaban J connectivity index is 0.00000210. The summed E-state index contributed by atoms with van der Waals surface area (Å²) in [5.41, 5.74) is 6.22. The van der Waals surface area contributed by atoms with Gasteiger partial charge >= 0.3 is 5.17 Å². The molecule has 1 N–H and O–H groups in total. The van der Waals surface area contributed by atoms with Gasteiger partial charge in [-0.1, -0.05) is 35.9 Å². The van der Waals surface area contributed by atoms with Gasteiger partial charge < -0.3 is 22.1 Å². The van der Waals surface area contributed by atoms with Crippen molar-refractivity contribution in [2.75, 3.05) is 23.7 Å². The number of nitrogens with zero attached hydrogens (tertiary/aromatic N) is 2. The van der Waals surface area contributed by atoms with Gasteiger partial charge in [0.25, 0.3) is 5.72 Å². The molecule has 2 aliphatic rings. The van der Waals surface area contributed by atoms with Gasteiger partial charge in [0.1, 0.15) is 5.69 Å². The van der Waals surface area contributed by atoms with Crippen LogP contribution in [0.3, 0.4) is 0 Å². The van der Waals surface area contributed by atoms with Gasteiger partial charge in [0, 0.05) is 11.3 Å². The van der Waals surface area contributed by atoms with Crippen LogP contribution in [0.25, 0.3) is 0 Å². The maximum atomic E-state index is 11.9. The van der Waals surface area contributed by atoms with Crippen molar-refractivity contribution in [3.63, 3.8) is 0 Å². The van der Waals surface area contributed by atoms with Gasteiger partial charge in [0.15, 0.2) is 6.54 Å². The summed E-state index contributed by atoms with van der Waals surface area (Å²) in [5, 5.41) is 13.1. The van der Waals surface area contributed by atoms with Crippen molar-refractivity contribution >= 4 is 22.6 Å². The van der Waals surface area contributed by atoms with Gasteiger partial charge in [-0.15, -0.1) is 0 Å². The van der Waals surface area contributed by atoms with Crippen LogP contribution >= 0.6 is 11.8 Å². The zero-order chi connectivity index (χ0) is 18.5. The molecule has 5 heteroatoms. The van der Waals surface area contributed by atoms with E-state index in [0.717, 1.165) is 29.8 Å². The van der Waals surface area contributed by atoms with Crippen molar-refractivity contribution in [2.24, 2.45) is 0 Å². The fourth-order valence-corrected chi connectivity index (χ4v) is 5.38. The Labute approximate surface area is 176 Å². The molecule has 2 aromatic carbocycles. The standard InChI is InChI=1S/C22H27N2OS.BrH/c1-15-9-10-19(17(3)13-15)22(25)14-23(21-24(22)11-6-12-26-21)20-8-5-7-16(2)18(20)4;/h5,7-10,13,25H,6,11-12,14H2,1-4H3;1H/q+1;/p-1. The van der Waals surface area contributed by atoms with Crippen LogP contribution in [0, 0.1) is 27.7 Å². The molecule has 0 radical (unpaired) electrons. The van der Waals surface area contributed by atoms with Gasteiger partial charge in [-0.05, 0) is 68.6 Å². The van der Waals surface area contributed by atoms with E-state index in [1.807, 2.05) is 11.8 Å². The van der Waals surface area contributed by atoms with Crippen molar-refractivity contribution in [3.05, 3.63) is 64.2 Å².